The molecule has 1 unspecified atom stereocenters. The van der Waals surface area contributed by atoms with Crippen molar-refractivity contribution in [1.29, 1.82) is 0 Å². The molecule has 2 N–H and O–H groups in total. The molecule has 1 aromatic carbocycles. The van der Waals surface area contributed by atoms with Crippen LogP contribution in [0.5, 0.6) is 0 Å². The summed E-state index contributed by atoms with van der Waals surface area (Å²) in [6, 6.07) is 9.62. The third-order valence-corrected chi connectivity index (χ3v) is 4.10. The molecule has 0 aliphatic rings. The SMILES string of the molecule is CCC(C)(CNC(=O)CSc1ccccc1)C(=O)O. The molecular weight excluding hydrogens is 262 g/mol. The number of carboxylic acid groups (broad SMARTS) is 1. The Morgan fingerprint density at radius 3 is 2.47 bits per heavy atom. The molecule has 0 heterocycles. The van der Waals surface area contributed by atoms with E-state index in [1.807, 2.05) is 30.3 Å². The molecule has 0 fully saturated rings. The predicted molar refractivity (Wildman–Crippen MR) is 76.2 cm³/mol. The molecular formula is C14H19NO3S. The number of amides is 1. The maximum atomic E-state index is 11.7. The lowest BCUT2D eigenvalue weighted by Crippen LogP contribution is -2.41. The Balaban J connectivity index is 2.38. The van der Waals surface area contributed by atoms with E-state index >= 15 is 0 Å². The molecule has 0 radical (unpaired) electrons. The van der Waals surface area contributed by atoms with Gasteiger partial charge >= 0.3 is 5.97 Å². The number of carboxylic acids is 1. The van der Waals surface area contributed by atoms with Crippen LogP contribution in [0.4, 0.5) is 0 Å². The van der Waals surface area contributed by atoms with Gasteiger partial charge in [-0.25, -0.2) is 0 Å². The van der Waals surface area contributed by atoms with Crippen LogP contribution in [0.1, 0.15) is 20.3 Å². The first-order chi connectivity index (χ1) is 8.98. The lowest BCUT2D eigenvalue weighted by atomic mass is 9.88. The second kappa shape index (κ2) is 7.19. The van der Waals surface area contributed by atoms with Crippen LogP contribution in [-0.4, -0.2) is 29.3 Å². The molecule has 1 atom stereocenters. The number of thioether (sulfide) groups is 1. The number of carbonyl (C=O) groups excluding carboxylic acids is 1. The Bertz CT molecular complexity index is 436. The molecule has 0 bridgehead atoms. The molecule has 0 aliphatic carbocycles. The Labute approximate surface area is 117 Å². The van der Waals surface area contributed by atoms with E-state index in [1.165, 1.54) is 11.8 Å². The van der Waals surface area contributed by atoms with Crippen molar-refractivity contribution in [2.45, 2.75) is 25.2 Å². The summed E-state index contributed by atoms with van der Waals surface area (Å²) < 4.78 is 0. The summed E-state index contributed by atoms with van der Waals surface area (Å²) in [5.74, 6) is -0.732. The topological polar surface area (TPSA) is 66.4 Å². The molecule has 0 saturated carbocycles. The molecule has 0 aromatic heterocycles. The van der Waals surface area contributed by atoms with E-state index in [1.54, 1.807) is 13.8 Å². The Morgan fingerprint density at radius 1 is 1.32 bits per heavy atom. The van der Waals surface area contributed by atoms with Crippen molar-refractivity contribution in [3.63, 3.8) is 0 Å². The molecule has 5 heteroatoms. The molecule has 0 saturated heterocycles. The maximum Gasteiger partial charge on any atom is 0.311 e. The zero-order valence-corrected chi connectivity index (χ0v) is 12.0. The van der Waals surface area contributed by atoms with Gasteiger partial charge in [0.1, 0.15) is 0 Å². The quantitative estimate of drug-likeness (QED) is 0.753. The van der Waals surface area contributed by atoms with Crippen LogP contribution in [-0.2, 0) is 9.59 Å². The van der Waals surface area contributed by atoms with Crippen molar-refractivity contribution in [3.8, 4) is 0 Å². The number of benzene rings is 1. The molecule has 0 aliphatic heterocycles. The van der Waals surface area contributed by atoms with E-state index in [-0.39, 0.29) is 12.5 Å². The summed E-state index contributed by atoms with van der Waals surface area (Å²) in [6.45, 7) is 3.60. The number of aliphatic carboxylic acids is 1. The number of nitrogens with one attached hydrogen (secondary N) is 1. The van der Waals surface area contributed by atoms with Crippen molar-refractivity contribution >= 4 is 23.6 Å². The first-order valence-corrected chi connectivity index (χ1v) is 7.14. The highest BCUT2D eigenvalue weighted by atomic mass is 32.2. The molecule has 104 valence electrons. The normalized spacial score (nSPS) is 13.6. The van der Waals surface area contributed by atoms with E-state index < -0.39 is 11.4 Å². The Hall–Kier alpha value is -1.49. The largest absolute Gasteiger partial charge is 0.481 e. The van der Waals surface area contributed by atoms with Crippen molar-refractivity contribution in [2.75, 3.05) is 12.3 Å². The van der Waals surface area contributed by atoms with Crippen LogP contribution in [0.15, 0.2) is 35.2 Å². The monoisotopic (exact) mass is 281 g/mol. The van der Waals surface area contributed by atoms with Crippen LogP contribution >= 0.6 is 11.8 Å². The van der Waals surface area contributed by atoms with Gasteiger partial charge < -0.3 is 10.4 Å². The minimum absolute atomic E-state index is 0.144. The zero-order chi connectivity index (χ0) is 14.3. The summed E-state index contributed by atoms with van der Waals surface area (Å²) in [4.78, 5) is 23.8. The van der Waals surface area contributed by atoms with Gasteiger partial charge in [-0.3, -0.25) is 9.59 Å². The number of hydrogen-bond donors (Lipinski definition) is 2. The summed E-state index contributed by atoms with van der Waals surface area (Å²) in [5.41, 5.74) is -0.896. The second-order valence-corrected chi connectivity index (χ2v) is 5.65. The minimum atomic E-state index is -0.896. The van der Waals surface area contributed by atoms with Gasteiger partial charge in [-0.2, -0.15) is 0 Å². The summed E-state index contributed by atoms with van der Waals surface area (Å²) in [5, 5.41) is 11.8. The third-order valence-electron chi connectivity index (χ3n) is 3.09. The van der Waals surface area contributed by atoms with E-state index in [9.17, 15) is 9.59 Å². The first-order valence-electron chi connectivity index (χ1n) is 6.16. The lowest BCUT2D eigenvalue weighted by molar-refractivity contribution is -0.148. The highest BCUT2D eigenvalue weighted by molar-refractivity contribution is 8.00. The fraction of sp³-hybridized carbons (Fsp3) is 0.429. The Kier molecular flexibility index (Phi) is 5.89. The predicted octanol–water partition coefficient (Wildman–Crippen LogP) is 2.40. The van der Waals surface area contributed by atoms with Gasteiger partial charge in [0.25, 0.3) is 0 Å². The summed E-state index contributed by atoms with van der Waals surface area (Å²) >= 11 is 1.44. The van der Waals surface area contributed by atoms with Gasteiger partial charge in [-0.05, 0) is 25.5 Å². The number of carbonyl (C=O) groups is 2. The van der Waals surface area contributed by atoms with Gasteiger partial charge in [-0.1, -0.05) is 25.1 Å². The molecule has 4 nitrogen and oxygen atoms in total. The van der Waals surface area contributed by atoms with Gasteiger partial charge in [0.2, 0.25) is 5.91 Å². The molecule has 19 heavy (non-hydrogen) atoms. The molecule has 1 aromatic rings. The molecule has 1 amide bonds. The first kappa shape index (κ1) is 15.6. The zero-order valence-electron chi connectivity index (χ0n) is 11.2. The average Bonchev–Trinajstić information content (AvgIpc) is 2.43. The number of rotatable bonds is 7. The maximum absolute atomic E-state index is 11.7. The van der Waals surface area contributed by atoms with Gasteiger partial charge in [-0.15, -0.1) is 11.8 Å². The summed E-state index contributed by atoms with van der Waals surface area (Å²) in [6.07, 6.45) is 0.481. The van der Waals surface area contributed by atoms with Crippen molar-refractivity contribution in [3.05, 3.63) is 30.3 Å². The smallest absolute Gasteiger partial charge is 0.311 e. The summed E-state index contributed by atoms with van der Waals surface area (Å²) in [7, 11) is 0. The van der Waals surface area contributed by atoms with Crippen molar-refractivity contribution in [1.82, 2.24) is 5.32 Å². The van der Waals surface area contributed by atoms with Crippen LogP contribution < -0.4 is 5.32 Å². The van der Waals surface area contributed by atoms with Crippen LogP contribution in [0.25, 0.3) is 0 Å². The average molecular weight is 281 g/mol. The fourth-order valence-electron chi connectivity index (χ4n) is 1.36. The standard InChI is InChI=1S/C14H19NO3S/c1-3-14(2,13(17)18)10-15-12(16)9-19-11-7-5-4-6-8-11/h4-8H,3,9-10H2,1-2H3,(H,15,16)(H,17,18). The highest BCUT2D eigenvalue weighted by Crippen LogP contribution is 2.20. The Morgan fingerprint density at radius 2 is 1.95 bits per heavy atom. The van der Waals surface area contributed by atoms with Crippen molar-refractivity contribution < 1.29 is 14.7 Å². The third kappa shape index (κ3) is 4.95. The number of hydrogen-bond acceptors (Lipinski definition) is 3. The van der Waals surface area contributed by atoms with Crippen LogP contribution in [0, 0.1) is 5.41 Å². The molecule has 1 rings (SSSR count). The van der Waals surface area contributed by atoms with E-state index in [0.29, 0.717) is 12.2 Å². The second-order valence-electron chi connectivity index (χ2n) is 4.60. The van der Waals surface area contributed by atoms with Gasteiger partial charge in [0, 0.05) is 11.4 Å². The van der Waals surface area contributed by atoms with E-state index in [2.05, 4.69) is 5.32 Å². The van der Waals surface area contributed by atoms with Crippen LogP contribution in [0.2, 0.25) is 0 Å². The highest BCUT2D eigenvalue weighted by Gasteiger charge is 2.31. The van der Waals surface area contributed by atoms with Crippen molar-refractivity contribution in [2.24, 2.45) is 5.41 Å². The molecule has 0 spiro atoms. The minimum Gasteiger partial charge on any atom is -0.481 e. The van der Waals surface area contributed by atoms with Gasteiger partial charge in [0.05, 0.1) is 11.2 Å². The van der Waals surface area contributed by atoms with E-state index in [4.69, 9.17) is 5.11 Å². The van der Waals surface area contributed by atoms with E-state index in [0.717, 1.165) is 4.90 Å². The van der Waals surface area contributed by atoms with Gasteiger partial charge in [0.15, 0.2) is 0 Å². The van der Waals surface area contributed by atoms with Crippen LogP contribution in [0.3, 0.4) is 0 Å². The fourth-order valence-corrected chi connectivity index (χ4v) is 2.11. The lowest BCUT2D eigenvalue weighted by Gasteiger charge is -2.23.